The van der Waals surface area contributed by atoms with Crippen LogP contribution in [0.2, 0.25) is 0 Å². The number of carbonyl (C=O) groups is 2. The third kappa shape index (κ3) is 3.57. The normalized spacial score (nSPS) is 22.1. The highest BCUT2D eigenvalue weighted by molar-refractivity contribution is 5.93. The molecule has 1 saturated heterocycles. The first-order valence-electron chi connectivity index (χ1n) is 7.28. The number of piperidine rings is 1. The summed E-state index contributed by atoms with van der Waals surface area (Å²) in [6.07, 6.45) is 4.52. The molecule has 21 heavy (non-hydrogen) atoms. The van der Waals surface area contributed by atoms with Crippen LogP contribution in [0, 0.1) is 5.92 Å². The van der Waals surface area contributed by atoms with E-state index in [2.05, 4.69) is 15.6 Å². The lowest BCUT2D eigenvalue weighted by atomic mass is 10.1. The zero-order valence-corrected chi connectivity index (χ0v) is 11.7. The van der Waals surface area contributed by atoms with E-state index < -0.39 is 6.10 Å². The van der Waals surface area contributed by atoms with Gasteiger partial charge in [0.05, 0.1) is 12.3 Å². The van der Waals surface area contributed by atoms with E-state index in [4.69, 9.17) is 0 Å². The summed E-state index contributed by atoms with van der Waals surface area (Å²) in [5.41, 5.74) is 0. The lowest BCUT2D eigenvalue weighted by Crippen LogP contribution is -2.43. The van der Waals surface area contributed by atoms with Crippen molar-refractivity contribution in [1.82, 2.24) is 19.9 Å². The summed E-state index contributed by atoms with van der Waals surface area (Å²) in [4.78, 5) is 25.3. The fourth-order valence-electron chi connectivity index (χ4n) is 2.43. The molecule has 1 atom stereocenters. The monoisotopic (exact) mass is 293 g/mol. The molecule has 1 unspecified atom stereocenters. The van der Waals surface area contributed by atoms with Gasteiger partial charge in [-0.05, 0) is 25.7 Å². The molecule has 0 radical (unpaired) electrons. The van der Waals surface area contributed by atoms with Crippen LogP contribution in [-0.2, 0) is 16.1 Å². The van der Waals surface area contributed by atoms with E-state index in [1.165, 1.54) is 4.68 Å². The molecule has 114 valence electrons. The third-order valence-electron chi connectivity index (χ3n) is 3.78. The van der Waals surface area contributed by atoms with E-state index in [1.807, 2.05) is 0 Å². The van der Waals surface area contributed by atoms with Gasteiger partial charge in [-0.1, -0.05) is 5.21 Å². The number of β-amino-alcohol motifs (C(OH)–C–C–N with tert-alkyl or cyclic N) is 1. The number of rotatable bonds is 4. The highest BCUT2D eigenvalue weighted by atomic mass is 16.3. The van der Waals surface area contributed by atoms with Gasteiger partial charge in [0, 0.05) is 19.0 Å². The Hall–Kier alpha value is -1.96. The first-order chi connectivity index (χ1) is 10.1. The highest BCUT2D eigenvalue weighted by Crippen LogP contribution is 2.29. The summed E-state index contributed by atoms with van der Waals surface area (Å²) in [6, 6.07) is 0. The fraction of sp³-hybridized carbons (Fsp3) is 0.692. The maximum atomic E-state index is 12.1. The van der Waals surface area contributed by atoms with Crippen LogP contribution in [0.25, 0.3) is 0 Å². The van der Waals surface area contributed by atoms with Crippen LogP contribution < -0.4 is 5.32 Å². The van der Waals surface area contributed by atoms with Crippen molar-refractivity contribution < 1.29 is 14.7 Å². The minimum atomic E-state index is -0.438. The number of carbonyl (C=O) groups excluding carboxylic acids is 2. The van der Waals surface area contributed by atoms with Crippen molar-refractivity contribution in [2.45, 2.75) is 38.3 Å². The molecule has 2 fully saturated rings. The van der Waals surface area contributed by atoms with Crippen molar-refractivity contribution in [3.8, 4) is 0 Å². The molecular weight excluding hydrogens is 274 g/mol. The van der Waals surface area contributed by atoms with Crippen molar-refractivity contribution in [2.24, 2.45) is 5.92 Å². The SMILES string of the molecule is O=C(Nc1cn(CC(=O)N2CCCC(O)C2)nn1)C1CC1. The predicted octanol–water partition coefficient (Wildman–Crippen LogP) is -0.390. The first-order valence-corrected chi connectivity index (χ1v) is 7.28. The molecule has 0 aromatic carbocycles. The van der Waals surface area contributed by atoms with Gasteiger partial charge >= 0.3 is 0 Å². The van der Waals surface area contributed by atoms with E-state index in [-0.39, 0.29) is 24.3 Å². The molecule has 2 amide bonds. The zero-order valence-electron chi connectivity index (χ0n) is 11.7. The quantitative estimate of drug-likeness (QED) is 0.787. The van der Waals surface area contributed by atoms with Crippen LogP contribution in [-0.4, -0.2) is 56.0 Å². The molecule has 0 bridgehead atoms. The second-order valence-electron chi connectivity index (χ2n) is 5.70. The molecule has 1 aromatic rings. The molecule has 2 N–H and O–H groups in total. The number of aliphatic hydroxyl groups is 1. The van der Waals surface area contributed by atoms with Crippen molar-refractivity contribution in [2.75, 3.05) is 18.4 Å². The smallest absolute Gasteiger partial charge is 0.244 e. The Kier molecular flexibility index (Phi) is 3.87. The molecule has 1 saturated carbocycles. The largest absolute Gasteiger partial charge is 0.391 e. The molecule has 1 aliphatic carbocycles. The van der Waals surface area contributed by atoms with Gasteiger partial charge in [0.25, 0.3) is 0 Å². The van der Waals surface area contributed by atoms with Crippen LogP contribution in [0.3, 0.4) is 0 Å². The number of amides is 2. The maximum absolute atomic E-state index is 12.1. The van der Waals surface area contributed by atoms with E-state index in [0.29, 0.717) is 18.9 Å². The number of hydrogen-bond acceptors (Lipinski definition) is 5. The fourth-order valence-corrected chi connectivity index (χ4v) is 2.43. The second kappa shape index (κ2) is 5.80. The van der Waals surface area contributed by atoms with E-state index in [0.717, 1.165) is 25.7 Å². The molecular formula is C13H19N5O3. The minimum Gasteiger partial charge on any atom is -0.391 e. The van der Waals surface area contributed by atoms with Crippen molar-refractivity contribution in [1.29, 1.82) is 0 Å². The first kappa shape index (κ1) is 14.0. The lowest BCUT2D eigenvalue weighted by Gasteiger charge is -2.29. The lowest BCUT2D eigenvalue weighted by molar-refractivity contribution is -0.135. The Morgan fingerprint density at radius 2 is 2.19 bits per heavy atom. The Morgan fingerprint density at radius 1 is 1.38 bits per heavy atom. The van der Waals surface area contributed by atoms with Gasteiger partial charge in [-0.3, -0.25) is 9.59 Å². The maximum Gasteiger partial charge on any atom is 0.244 e. The Labute approximate surface area is 122 Å². The van der Waals surface area contributed by atoms with Crippen molar-refractivity contribution in [3.63, 3.8) is 0 Å². The van der Waals surface area contributed by atoms with E-state index in [1.54, 1.807) is 11.1 Å². The Bertz CT molecular complexity index is 540. The summed E-state index contributed by atoms with van der Waals surface area (Å²) in [6.45, 7) is 1.10. The summed E-state index contributed by atoms with van der Waals surface area (Å²) >= 11 is 0. The minimum absolute atomic E-state index is 0.0347. The van der Waals surface area contributed by atoms with E-state index in [9.17, 15) is 14.7 Å². The van der Waals surface area contributed by atoms with Crippen LogP contribution >= 0.6 is 0 Å². The zero-order chi connectivity index (χ0) is 14.8. The van der Waals surface area contributed by atoms with Gasteiger partial charge in [0.2, 0.25) is 11.8 Å². The average molecular weight is 293 g/mol. The number of aromatic nitrogens is 3. The predicted molar refractivity (Wildman–Crippen MR) is 73.2 cm³/mol. The molecule has 2 heterocycles. The molecule has 1 aromatic heterocycles. The topological polar surface area (TPSA) is 100 Å². The van der Waals surface area contributed by atoms with Gasteiger partial charge < -0.3 is 15.3 Å². The van der Waals surface area contributed by atoms with Gasteiger partial charge in [-0.25, -0.2) is 4.68 Å². The molecule has 0 spiro atoms. The summed E-state index contributed by atoms with van der Waals surface area (Å²) in [7, 11) is 0. The van der Waals surface area contributed by atoms with Crippen LogP contribution in [0.4, 0.5) is 5.82 Å². The van der Waals surface area contributed by atoms with Gasteiger partial charge in [0.1, 0.15) is 6.54 Å². The highest BCUT2D eigenvalue weighted by Gasteiger charge is 2.30. The molecule has 8 heteroatoms. The number of likely N-dealkylation sites (tertiary alicyclic amines) is 1. The summed E-state index contributed by atoms with van der Waals surface area (Å²) in [5, 5.41) is 20.0. The summed E-state index contributed by atoms with van der Waals surface area (Å²) in [5.74, 6) is 0.344. The van der Waals surface area contributed by atoms with E-state index >= 15 is 0 Å². The number of anilines is 1. The molecule has 8 nitrogen and oxygen atoms in total. The summed E-state index contributed by atoms with van der Waals surface area (Å²) < 4.78 is 1.41. The van der Waals surface area contributed by atoms with Crippen LogP contribution in [0.1, 0.15) is 25.7 Å². The van der Waals surface area contributed by atoms with Gasteiger partial charge in [0.15, 0.2) is 5.82 Å². The average Bonchev–Trinajstić information content (AvgIpc) is 3.22. The van der Waals surface area contributed by atoms with Gasteiger partial charge in [-0.15, -0.1) is 5.10 Å². The standard InChI is InChI=1S/C13H19N5O3/c19-10-2-1-5-17(6-10)12(20)8-18-7-11(15-16-18)14-13(21)9-3-4-9/h7,9-10,19H,1-6,8H2,(H,14,21). The molecule has 2 aliphatic rings. The van der Waals surface area contributed by atoms with Crippen LogP contribution in [0.5, 0.6) is 0 Å². The van der Waals surface area contributed by atoms with Crippen molar-refractivity contribution in [3.05, 3.63) is 6.20 Å². The van der Waals surface area contributed by atoms with Crippen LogP contribution in [0.15, 0.2) is 6.20 Å². The number of nitrogens with one attached hydrogen (secondary N) is 1. The number of nitrogens with zero attached hydrogens (tertiary/aromatic N) is 4. The number of aliphatic hydroxyl groups excluding tert-OH is 1. The molecule has 1 aliphatic heterocycles. The molecule has 3 rings (SSSR count). The Morgan fingerprint density at radius 3 is 2.90 bits per heavy atom. The Balaban J connectivity index is 1.53. The second-order valence-corrected chi connectivity index (χ2v) is 5.70. The van der Waals surface area contributed by atoms with Gasteiger partial charge in [-0.2, -0.15) is 0 Å². The third-order valence-corrected chi connectivity index (χ3v) is 3.78. The van der Waals surface area contributed by atoms with Crippen molar-refractivity contribution >= 4 is 17.6 Å². The number of hydrogen-bond donors (Lipinski definition) is 2.